The maximum atomic E-state index is 13.7. The van der Waals surface area contributed by atoms with Crippen LogP contribution in [0.4, 0.5) is 5.69 Å². The van der Waals surface area contributed by atoms with Crippen LogP contribution in [-0.2, 0) is 26.2 Å². The van der Waals surface area contributed by atoms with E-state index in [4.69, 9.17) is 14.2 Å². The molecule has 0 saturated carbocycles. The zero-order valence-electron chi connectivity index (χ0n) is 21.2. The van der Waals surface area contributed by atoms with Gasteiger partial charge in [0.25, 0.3) is 0 Å². The van der Waals surface area contributed by atoms with E-state index in [1.54, 1.807) is 44.4 Å². The van der Waals surface area contributed by atoms with E-state index in [1.807, 2.05) is 19.9 Å². The zero-order valence-corrected chi connectivity index (χ0v) is 22.0. The molecule has 2 amide bonds. The van der Waals surface area contributed by atoms with Crippen LogP contribution in [0.25, 0.3) is 0 Å². The van der Waals surface area contributed by atoms with Gasteiger partial charge in [-0.05, 0) is 57.5 Å². The quantitative estimate of drug-likeness (QED) is 0.485. The van der Waals surface area contributed by atoms with E-state index in [2.05, 4.69) is 5.32 Å². The minimum Gasteiger partial charge on any atom is -0.497 e. The monoisotopic (exact) mass is 519 g/mol. The molecule has 196 valence electrons. The van der Waals surface area contributed by atoms with Crippen LogP contribution in [0.5, 0.6) is 17.2 Å². The minimum absolute atomic E-state index is 0.0367. The largest absolute Gasteiger partial charge is 0.497 e. The van der Waals surface area contributed by atoms with Crippen LogP contribution >= 0.6 is 0 Å². The van der Waals surface area contributed by atoms with Crippen LogP contribution in [0.2, 0.25) is 0 Å². The Morgan fingerprint density at radius 2 is 1.81 bits per heavy atom. The molecule has 1 N–H and O–H groups in total. The molecule has 0 aromatic heterocycles. The normalized spacial score (nSPS) is 13.3. The van der Waals surface area contributed by atoms with Crippen molar-refractivity contribution in [3.63, 3.8) is 0 Å². The Bertz CT molecular complexity index is 1200. The predicted octanol–water partition coefficient (Wildman–Crippen LogP) is 2.52. The van der Waals surface area contributed by atoms with Gasteiger partial charge in [0.1, 0.15) is 18.3 Å². The molecule has 11 heteroatoms. The number of anilines is 1. The highest BCUT2D eigenvalue weighted by molar-refractivity contribution is 7.92. The van der Waals surface area contributed by atoms with Crippen LogP contribution in [0.3, 0.4) is 0 Å². The number of sulfonamides is 1. The molecule has 0 saturated heterocycles. The summed E-state index contributed by atoms with van der Waals surface area (Å²) < 4.78 is 43.1. The van der Waals surface area contributed by atoms with Crippen molar-refractivity contribution in [2.75, 3.05) is 30.5 Å². The Morgan fingerprint density at radius 1 is 1.08 bits per heavy atom. The van der Waals surface area contributed by atoms with E-state index in [-0.39, 0.29) is 36.7 Å². The van der Waals surface area contributed by atoms with Crippen molar-refractivity contribution in [2.45, 2.75) is 46.3 Å². The summed E-state index contributed by atoms with van der Waals surface area (Å²) >= 11 is 0. The highest BCUT2D eigenvalue weighted by Crippen LogP contribution is 2.36. The maximum Gasteiger partial charge on any atom is 0.244 e. The summed E-state index contributed by atoms with van der Waals surface area (Å²) in [6.07, 6.45) is 0. The first-order chi connectivity index (χ1) is 17.1. The van der Waals surface area contributed by atoms with E-state index in [1.165, 1.54) is 17.9 Å². The molecule has 10 nitrogen and oxygen atoms in total. The lowest BCUT2D eigenvalue weighted by Gasteiger charge is -2.32. The number of rotatable bonds is 11. The van der Waals surface area contributed by atoms with Crippen molar-refractivity contribution in [3.8, 4) is 17.2 Å². The molecule has 0 spiro atoms. The molecular weight excluding hydrogens is 486 g/mol. The van der Waals surface area contributed by atoms with Gasteiger partial charge in [-0.15, -0.1) is 0 Å². The van der Waals surface area contributed by atoms with Crippen molar-refractivity contribution >= 4 is 27.5 Å². The number of benzene rings is 2. The molecule has 0 radical (unpaired) electrons. The first-order valence-corrected chi connectivity index (χ1v) is 13.3. The molecule has 1 aliphatic heterocycles. The van der Waals surface area contributed by atoms with Crippen molar-refractivity contribution in [2.24, 2.45) is 0 Å². The molecule has 3 rings (SSSR count). The highest BCUT2D eigenvalue weighted by atomic mass is 32.2. The van der Waals surface area contributed by atoms with Crippen molar-refractivity contribution in [1.29, 1.82) is 0 Å². The van der Waals surface area contributed by atoms with Gasteiger partial charge >= 0.3 is 0 Å². The summed E-state index contributed by atoms with van der Waals surface area (Å²) in [6, 6.07) is 10.9. The SMILES string of the molecule is CCS(=O)(=O)N(CC(=O)N(Cc1cccc(OC)c1)[C@@H](C)C(=O)NC(C)C)c1ccc2c(c1)OCO2. The molecule has 1 heterocycles. The van der Waals surface area contributed by atoms with Gasteiger partial charge in [-0.2, -0.15) is 0 Å². The lowest BCUT2D eigenvalue weighted by Crippen LogP contribution is -2.52. The van der Waals surface area contributed by atoms with Gasteiger partial charge in [-0.3, -0.25) is 13.9 Å². The van der Waals surface area contributed by atoms with E-state index in [0.717, 1.165) is 9.87 Å². The molecule has 0 aliphatic carbocycles. The molecular formula is C25H33N3O7S. The Morgan fingerprint density at radius 3 is 2.47 bits per heavy atom. The fourth-order valence-corrected chi connectivity index (χ4v) is 4.77. The second kappa shape index (κ2) is 11.5. The lowest BCUT2D eigenvalue weighted by molar-refractivity contribution is -0.139. The molecule has 0 unspecified atom stereocenters. The van der Waals surface area contributed by atoms with Gasteiger partial charge in [-0.1, -0.05) is 12.1 Å². The minimum atomic E-state index is -3.84. The number of fused-ring (bicyclic) bond motifs is 1. The smallest absolute Gasteiger partial charge is 0.244 e. The first-order valence-electron chi connectivity index (χ1n) is 11.7. The summed E-state index contributed by atoms with van der Waals surface area (Å²) in [5, 5.41) is 2.82. The fraction of sp³-hybridized carbons (Fsp3) is 0.440. The number of hydrogen-bond acceptors (Lipinski definition) is 7. The van der Waals surface area contributed by atoms with Gasteiger partial charge in [0.2, 0.25) is 28.6 Å². The third kappa shape index (κ3) is 6.39. The summed E-state index contributed by atoms with van der Waals surface area (Å²) in [4.78, 5) is 27.9. The Kier molecular flexibility index (Phi) is 8.67. The summed E-state index contributed by atoms with van der Waals surface area (Å²) in [7, 11) is -2.30. The molecule has 2 aromatic rings. The molecule has 2 aromatic carbocycles. The molecule has 1 atom stereocenters. The highest BCUT2D eigenvalue weighted by Gasteiger charge is 2.32. The fourth-order valence-electron chi connectivity index (χ4n) is 3.72. The second-order valence-electron chi connectivity index (χ2n) is 8.66. The van der Waals surface area contributed by atoms with Crippen LogP contribution in [0.1, 0.15) is 33.3 Å². The number of methoxy groups -OCH3 is 1. The topological polar surface area (TPSA) is 114 Å². The number of carbonyl (C=O) groups excluding carboxylic acids is 2. The third-order valence-corrected chi connectivity index (χ3v) is 7.45. The van der Waals surface area contributed by atoms with Gasteiger partial charge in [0, 0.05) is 18.7 Å². The maximum absolute atomic E-state index is 13.7. The predicted molar refractivity (Wildman–Crippen MR) is 136 cm³/mol. The average Bonchev–Trinajstić information content (AvgIpc) is 3.32. The van der Waals surface area contributed by atoms with Gasteiger partial charge in [-0.25, -0.2) is 8.42 Å². The van der Waals surface area contributed by atoms with Crippen molar-refractivity contribution in [1.82, 2.24) is 10.2 Å². The van der Waals surface area contributed by atoms with Crippen LogP contribution in [-0.4, -0.2) is 63.4 Å². The third-order valence-electron chi connectivity index (χ3n) is 5.71. The van der Waals surface area contributed by atoms with Crippen molar-refractivity contribution in [3.05, 3.63) is 48.0 Å². The molecule has 36 heavy (non-hydrogen) atoms. The standard InChI is InChI=1S/C25H33N3O7S/c1-6-36(31,32)28(20-10-11-22-23(13-20)35-16-34-22)15-24(29)27(18(4)25(30)26-17(2)3)14-19-8-7-9-21(12-19)33-5/h7-13,17-18H,6,14-16H2,1-5H3,(H,26,30)/t18-/m0/s1. The van der Waals surface area contributed by atoms with Crippen LogP contribution in [0, 0.1) is 0 Å². The zero-order chi connectivity index (χ0) is 26.5. The number of nitrogens with zero attached hydrogens (tertiary/aromatic N) is 2. The lowest BCUT2D eigenvalue weighted by atomic mass is 10.1. The van der Waals surface area contributed by atoms with E-state index in [9.17, 15) is 18.0 Å². The van der Waals surface area contributed by atoms with E-state index >= 15 is 0 Å². The van der Waals surface area contributed by atoms with Gasteiger partial charge in [0.05, 0.1) is 18.6 Å². The molecule has 1 aliphatic rings. The Labute approximate surface area is 212 Å². The Balaban J connectivity index is 1.95. The second-order valence-corrected chi connectivity index (χ2v) is 10.8. The van der Waals surface area contributed by atoms with Crippen molar-refractivity contribution < 1.29 is 32.2 Å². The van der Waals surface area contributed by atoms with Crippen LogP contribution in [0.15, 0.2) is 42.5 Å². The van der Waals surface area contributed by atoms with E-state index in [0.29, 0.717) is 17.2 Å². The number of ether oxygens (including phenoxy) is 3. The van der Waals surface area contributed by atoms with E-state index < -0.39 is 28.5 Å². The number of carbonyl (C=O) groups is 2. The molecule has 0 bridgehead atoms. The molecule has 0 fully saturated rings. The average molecular weight is 520 g/mol. The summed E-state index contributed by atoms with van der Waals surface area (Å²) in [5.74, 6) is 0.420. The van der Waals surface area contributed by atoms with Gasteiger partial charge < -0.3 is 24.4 Å². The number of hydrogen-bond donors (Lipinski definition) is 1. The van der Waals surface area contributed by atoms with Gasteiger partial charge in [0.15, 0.2) is 11.5 Å². The Hall–Kier alpha value is -3.47. The summed E-state index contributed by atoms with van der Waals surface area (Å²) in [5.41, 5.74) is 1.01. The number of amides is 2. The van der Waals surface area contributed by atoms with Crippen LogP contribution < -0.4 is 23.8 Å². The first kappa shape index (κ1) is 27.1. The summed E-state index contributed by atoms with van der Waals surface area (Å²) in [6.45, 7) is 6.42. The number of nitrogens with one attached hydrogen (secondary N) is 1.